The molecule has 0 aliphatic carbocycles. The summed E-state index contributed by atoms with van der Waals surface area (Å²) in [6, 6.07) is 4.78. The van der Waals surface area contributed by atoms with Gasteiger partial charge >= 0.3 is 8.80 Å². The molecule has 0 unspecified atom stereocenters. The van der Waals surface area contributed by atoms with Crippen LogP contribution in [-0.4, -0.2) is 44.4 Å². The summed E-state index contributed by atoms with van der Waals surface area (Å²) in [5.41, 5.74) is 2.18. The van der Waals surface area contributed by atoms with E-state index in [1.807, 2.05) is 13.0 Å². The van der Waals surface area contributed by atoms with Gasteiger partial charge in [0.05, 0.1) is 14.2 Å². The molecule has 1 aromatic carbocycles. The highest BCUT2D eigenvalue weighted by Gasteiger charge is 2.37. The standard InChI is InChI=1S/C14H24O5Si/c1-11-9-12(10-13(15-2)14(11)16-3)7-8-20(17-4,18-5)19-6/h9-10H,7-8H2,1-6H3. The Morgan fingerprint density at radius 2 is 1.50 bits per heavy atom. The smallest absolute Gasteiger partial charge is 0.493 e. The molecule has 0 amide bonds. The van der Waals surface area contributed by atoms with Crippen LogP contribution >= 0.6 is 0 Å². The first-order valence-corrected chi connectivity index (χ1v) is 8.36. The van der Waals surface area contributed by atoms with Crippen molar-refractivity contribution in [1.82, 2.24) is 0 Å². The second kappa shape index (κ2) is 7.63. The van der Waals surface area contributed by atoms with Gasteiger partial charge < -0.3 is 22.8 Å². The second-order valence-electron chi connectivity index (χ2n) is 4.44. The summed E-state index contributed by atoms with van der Waals surface area (Å²) in [5.74, 6) is 1.51. The van der Waals surface area contributed by atoms with E-state index in [9.17, 15) is 0 Å². The van der Waals surface area contributed by atoms with Gasteiger partial charge in [-0.2, -0.15) is 0 Å². The zero-order chi connectivity index (χ0) is 15.2. The Morgan fingerprint density at radius 1 is 0.900 bits per heavy atom. The molecule has 0 bridgehead atoms. The lowest BCUT2D eigenvalue weighted by Gasteiger charge is -2.24. The summed E-state index contributed by atoms with van der Waals surface area (Å²) in [6.45, 7) is 2.00. The molecule has 0 fully saturated rings. The Hall–Kier alpha value is -1.08. The molecule has 0 atom stereocenters. The van der Waals surface area contributed by atoms with Gasteiger partial charge in [0, 0.05) is 27.4 Å². The summed E-state index contributed by atoms with van der Waals surface area (Å²) in [7, 11) is 5.61. The lowest BCUT2D eigenvalue weighted by molar-refractivity contribution is 0.123. The summed E-state index contributed by atoms with van der Waals surface area (Å²) >= 11 is 0. The van der Waals surface area contributed by atoms with Crippen LogP contribution in [0.5, 0.6) is 11.5 Å². The summed E-state index contributed by atoms with van der Waals surface area (Å²) in [5, 5.41) is 0. The zero-order valence-corrected chi connectivity index (χ0v) is 14.1. The number of rotatable bonds is 8. The maximum Gasteiger partial charge on any atom is 0.500 e. The van der Waals surface area contributed by atoms with Gasteiger partial charge in [0.15, 0.2) is 11.5 Å². The maximum atomic E-state index is 5.43. The van der Waals surface area contributed by atoms with E-state index in [0.717, 1.165) is 29.0 Å². The van der Waals surface area contributed by atoms with E-state index in [1.165, 1.54) is 0 Å². The zero-order valence-electron chi connectivity index (χ0n) is 13.1. The van der Waals surface area contributed by atoms with Crippen LogP contribution in [0.2, 0.25) is 6.04 Å². The first-order chi connectivity index (χ1) is 9.55. The monoisotopic (exact) mass is 300 g/mol. The SMILES string of the molecule is COc1cc(CC[Si](OC)(OC)OC)cc(C)c1OC. The Balaban J connectivity index is 2.91. The molecule has 0 N–H and O–H groups in total. The van der Waals surface area contributed by atoms with Crippen LogP contribution in [0.1, 0.15) is 11.1 Å². The Bertz CT molecular complexity index is 424. The van der Waals surface area contributed by atoms with Crippen molar-refractivity contribution >= 4 is 8.80 Å². The van der Waals surface area contributed by atoms with Crippen molar-refractivity contribution in [3.8, 4) is 11.5 Å². The van der Waals surface area contributed by atoms with Crippen LogP contribution in [0, 0.1) is 6.92 Å². The molecule has 0 saturated heterocycles. The van der Waals surface area contributed by atoms with Crippen LogP contribution in [0.15, 0.2) is 12.1 Å². The molecule has 20 heavy (non-hydrogen) atoms. The van der Waals surface area contributed by atoms with Gasteiger partial charge in [-0.1, -0.05) is 6.07 Å². The average molecular weight is 300 g/mol. The Kier molecular flexibility index (Phi) is 6.48. The van der Waals surface area contributed by atoms with Crippen LogP contribution in [-0.2, 0) is 19.7 Å². The molecule has 0 aliphatic heterocycles. The van der Waals surface area contributed by atoms with Gasteiger partial charge in [0.1, 0.15) is 0 Å². The molecule has 0 spiro atoms. The van der Waals surface area contributed by atoms with E-state index in [4.69, 9.17) is 22.8 Å². The largest absolute Gasteiger partial charge is 0.500 e. The topological polar surface area (TPSA) is 46.2 Å². The van der Waals surface area contributed by atoms with Crippen molar-refractivity contribution in [2.24, 2.45) is 0 Å². The third-order valence-corrected chi connectivity index (χ3v) is 6.11. The van der Waals surface area contributed by atoms with Crippen LogP contribution < -0.4 is 9.47 Å². The van der Waals surface area contributed by atoms with Gasteiger partial charge in [-0.15, -0.1) is 0 Å². The molecule has 5 nitrogen and oxygen atoms in total. The number of hydrogen-bond donors (Lipinski definition) is 0. The molecule has 0 aliphatic rings. The minimum atomic E-state index is -2.54. The van der Waals surface area contributed by atoms with E-state index >= 15 is 0 Å². The fourth-order valence-corrected chi connectivity index (χ4v) is 3.93. The van der Waals surface area contributed by atoms with Gasteiger partial charge in [-0.05, 0) is 30.5 Å². The van der Waals surface area contributed by atoms with Crippen molar-refractivity contribution in [3.05, 3.63) is 23.3 Å². The molecular weight excluding hydrogens is 276 g/mol. The van der Waals surface area contributed by atoms with Crippen molar-refractivity contribution < 1.29 is 22.8 Å². The lowest BCUT2D eigenvalue weighted by Crippen LogP contribution is -2.43. The van der Waals surface area contributed by atoms with Gasteiger partial charge in [-0.25, -0.2) is 0 Å². The minimum Gasteiger partial charge on any atom is -0.493 e. The highest BCUT2D eigenvalue weighted by atomic mass is 28.4. The van der Waals surface area contributed by atoms with Crippen LogP contribution in [0.4, 0.5) is 0 Å². The number of methoxy groups -OCH3 is 2. The predicted octanol–water partition coefficient (Wildman–Crippen LogP) is 2.43. The predicted molar refractivity (Wildman–Crippen MR) is 79.6 cm³/mol. The quantitative estimate of drug-likeness (QED) is 0.690. The van der Waals surface area contributed by atoms with Gasteiger partial charge in [-0.3, -0.25) is 0 Å². The maximum absolute atomic E-state index is 5.43. The Morgan fingerprint density at radius 3 is 1.95 bits per heavy atom. The molecule has 0 radical (unpaired) electrons. The molecule has 1 aromatic rings. The molecule has 0 saturated carbocycles. The van der Waals surface area contributed by atoms with Crippen LogP contribution in [0.25, 0.3) is 0 Å². The fraction of sp³-hybridized carbons (Fsp3) is 0.571. The minimum absolute atomic E-state index is 0.714. The molecule has 0 aromatic heterocycles. The third kappa shape index (κ3) is 3.73. The highest BCUT2D eigenvalue weighted by molar-refractivity contribution is 6.60. The van der Waals surface area contributed by atoms with E-state index in [0.29, 0.717) is 6.04 Å². The van der Waals surface area contributed by atoms with Gasteiger partial charge in [0.2, 0.25) is 0 Å². The van der Waals surface area contributed by atoms with Crippen molar-refractivity contribution in [1.29, 1.82) is 0 Å². The molecule has 114 valence electrons. The Labute approximate surface area is 122 Å². The van der Waals surface area contributed by atoms with Crippen LogP contribution in [0.3, 0.4) is 0 Å². The van der Waals surface area contributed by atoms with Crippen molar-refractivity contribution in [2.45, 2.75) is 19.4 Å². The van der Waals surface area contributed by atoms with Gasteiger partial charge in [0.25, 0.3) is 0 Å². The summed E-state index contributed by atoms with van der Waals surface area (Å²) in [4.78, 5) is 0. The van der Waals surface area contributed by atoms with E-state index in [-0.39, 0.29) is 0 Å². The molecule has 1 rings (SSSR count). The first kappa shape index (κ1) is 17.0. The summed E-state index contributed by atoms with van der Waals surface area (Å²) in [6.07, 6.45) is 0.795. The van der Waals surface area contributed by atoms with Crippen molar-refractivity contribution in [3.63, 3.8) is 0 Å². The van der Waals surface area contributed by atoms with E-state index < -0.39 is 8.80 Å². The number of hydrogen-bond acceptors (Lipinski definition) is 5. The normalized spacial score (nSPS) is 11.5. The second-order valence-corrected chi connectivity index (χ2v) is 7.53. The number of benzene rings is 1. The summed E-state index contributed by atoms with van der Waals surface area (Å²) < 4.78 is 27.0. The van der Waals surface area contributed by atoms with Crippen molar-refractivity contribution in [2.75, 3.05) is 35.5 Å². The molecule has 0 heterocycles. The number of aryl methyl sites for hydroxylation is 2. The third-order valence-electron chi connectivity index (χ3n) is 3.38. The fourth-order valence-electron chi connectivity index (χ4n) is 2.22. The molecular formula is C14H24O5Si. The highest BCUT2D eigenvalue weighted by Crippen LogP contribution is 2.32. The van der Waals surface area contributed by atoms with E-state index in [2.05, 4.69) is 6.07 Å². The average Bonchev–Trinajstić information content (AvgIpc) is 2.48. The lowest BCUT2D eigenvalue weighted by atomic mass is 10.1. The van der Waals surface area contributed by atoms with E-state index in [1.54, 1.807) is 35.5 Å². The number of ether oxygens (including phenoxy) is 2. The first-order valence-electron chi connectivity index (χ1n) is 6.42. The molecule has 6 heteroatoms.